The summed E-state index contributed by atoms with van der Waals surface area (Å²) in [6.45, 7) is 8.96. The third-order valence-corrected chi connectivity index (χ3v) is 3.64. The predicted octanol–water partition coefficient (Wildman–Crippen LogP) is 1.45. The molecular formula is C14H22O5. The second-order valence-corrected chi connectivity index (χ2v) is 5.10. The van der Waals surface area contributed by atoms with Crippen LogP contribution in [-0.4, -0.2) is 35.9 Å². The second-order valence-electron chi connectivity index (χ2n) is 5.10. The minimum absolute atomic E-state index is 0.00560. The molecule has 5 heteroatoms. The van der Waals surface area contributed by atoms with Gasteiger partial charge in [-0.15, -0.1) is 6.58 Å². The molecule has 0 aromatic carbocycles. The maximum absolute atomic E-state index is 12.2. The van der Waals surface area contributed by atoms with Gasteiger partial charge in [0.25, 0.3) is 0 Å². The van der Waals surface area contributed by atoms with E-state index in [9.17, 15) is 14.7 Å². The molecule has 5 nitrogen and oxygen atoms in total. The average Bonchev–Trinajstić information content (AvgIpc) is 2.62. The largest absolute Gasteiger partial charge is 0.465 e. The zero-order chi connectivity index (χ0) is 14.7. The topological polar surface area (TPSA) is 72.8 Å². The molecule has 1 aliphatic rings. The fourth-order valence-electron chi connectivity index (χ4n) is 2.68. The first kappa shape index (κ1) is 15.7. The van der Waals surface area contributed by atoms with Crippen molar-refractivity contribution in [2.45, 2.75) is 39.2 Å². The van der Waals surface area contributed by atoms with Gasteiger partial charge in [0.2, 0.25) is 0 Å². The molecule has 0 saturated heterocycles. The van der Waals surface area contributed by atoms with Crippen LogP contribution in [0.3, 0.4) is 0 Å². The molecule has 0 unspecified atom stereocenters. The molecule has 19 heavy (non-hydrogen) atoms. The van der Waals surface area contributed by atoms with Crippen LogP contribution in [0.1, 0.15) is 33.6 Å². The van der Waals surface area contributed by atoms with Crippen molar-refractivity contribution in [1.29, 1.82) is 0 Å². The molecule has 0 aliphatic heterocycles. The second kappa shape index (κ2) is 5.74. The third-order valence-electron chi connectivity index (χ3n) is 3.64. The lowest BCUT2D eigenvalue weighted by atomic mass is 9.84. The van der Waals surface area contributed by atoms with Crippen molar-refractivity contribution in [2.24, 2.45) is 11.3 Å². The van der Waals surface area contributed by atoms with Crippen LogP contribution in [0.2, 0.25) is 0 Å². The molecule has 2 atom stereocenters. The van der Waals surface area contributed by atoms with Gasteiger partial charge in [-0.05, 0) is 27.2 Å². The lowest BCUT2D eigenvalue weighted by Crippen LogP contribution is -2.41. The van der Waals surface area contributed by atoms with Crippen LogP contribution >= 0.6 is 0 Å². The molecule has 1 aliphatic carbocycles. The summed E-state index contributed by atoms with van der Waals surface area (Å²) in [6, 6.07) is 0. The Morgan fingerprint density at radius 3 is 2.11 bits per heavy atom. The van der Waals surface area contributed by atoms with Crippen LogP contribution in [0.4, 0.5) is 0 Å². The van der Waals surface area contributed by atoms with Gasteiger partial charge in [-0.1, -0.05) is 6.08 Å². The fraction of sp³-hybridized carbons (Fsp3) is 0.714. The summed E-state index contributed by atoms with van der Waals surface area (Å²) < 4.78 is 10.00. The molecule has 0 aromatic rings. The summed E-state index contributed by atoms with van der Waals surface area (Å²) in [4.78, 5) is 24.3. The molecule has 0 aromatic heterocycles. The first-order chi connectivity index (χ1) is 8.84. The van der Waals surface area contributed by atoms with Gasteiger partial charge in [0.1, 0.15) is 0 Å². The van der Waals surface area contributed by atoms with Crippen molar-refractivity contribution in [3.8, 4) is 0 Å². The van der Waals surface area contributed by atoms with Gasteiger partial charge in [-0.25, -0.2) is 0 Å². The van der Waals surface area contributed by atoms with E-state index in [0.29, 0.717) is 0 Å². The van der Waals surface area contributed by atoms with Gasteiger partial charge >= 0.3 is 11.9 Å². The third kappa shape index (κ3) is 2.81. The maximum Gasteiger partial charge on any atom is 0.323 e. The van der Waals surface area contributed by atoms with Gasteiger partial charge in [-0.3, -0.25) is 9.59 Å². The number of esters is 2. The van der Waals surface area contributed by atoms with Crippen LogP contribution in [0.25, 0.3) is 0 Å². The number of rotatable bonds is 5. The number of carbonyl (C=O) groups is 2. The Kier molecular flexibility index (Phi) is 4.74. The average molecular weight is 270 g/mol. The van der Waals surface area contributed by atoms with Crippen LogP contribution in [0, 0.1) is 11.3 Å². The molecule has 108 valence electrons. The molecule has 0 heterocycles. The highest BCUT2D eigenvalue weighted by Gasteiger charge is 2.60. The summed E-state index contributed by atoms with van der Waals surface area (Å²) in [6.07, 6.45) is 1.73. The van der Waals surface area contributed by atoms with E-state index in [1.54, 1.807) is 26.8 Å². The normalized spacial score (nSPS) is 28.7. The number of hydrogen-bond donors (Lipinski definition) is 1. The Morgan fingerprint density at radius 2 is 1.79 bits per heavy atom. The molecule has 0 amide bonds. The van der Waals surface area contributed by atoms with Crippen LogP contribution in [-0.2, 0) is 19.1 Å². The molecule has 0 radical (unpaired) electrons. The summed E-state index contributed by atoms with van der Waals surface area (Å²) in [5.74, 6) is -1.60. The van der Waals surface area contributed by atoms with Gasteiger partial charge in [0, 0.05) is 12.3 Å². The van der Waals surface area contributed by atoms with E-state index in [0.717, 1.165) is 0 Å². The Morgan fingerprint density at radius 1 is 1.32 bits per heavy atom. The number of hydrogen-bond acceptors (Lipinski definition) is 5. The Bertz CT molecular complexity index is 354. The van der Waals surface area contributed by atoms with E-state index < -0.39 is 23.0 Å². The summed E-state index contributed by atoms with van der Waals surface area (Å²) in [5.41, 5.74) is -2.59. The summed E-state index contributed by atoms with van der Waals surface area (Å²) in [5, 5.41) is 10.3. The molecule has 1 fully saturated rings. The van der Waals surface area contributed by atoms with E-state index in [2.05, 4.69) is 6.58 Å². The van der Waals surface area contributed by atoms with Gasteiger partial charge in [0.05, 0.1) is 18.8 Å². The minimum Gasteiger partial charge on any atom is -0.465 e. The SMILES string of the molecule is C=C[C@H]1CC(C(=O)OCC)(C(=O)OCC)C[C@@]1(C)O. The zero-order valence-electron chi connectivity index (χ0n) is 11.8. The van der Waals surface area contributed by atoms with E-state index >= 15 is 0 Å². The predicted molar refractivity (Wildman–Crippen MR) is 69.2 cm³/mol. The first-order valence-electron chi connectivity index (χ1n) is 6.53. The molecule has 0 bridgehead atoms. The fourth-order valence-corrected chi connectivity index (χ4v) is 2.68. The lowest BCUT2D eigenvalue weighted by molar-refractivity contribution is -0.173. The van der Waals surface area contributed by atoms with Gasteiger partial charge < -0.3 is 14.6 Å². The van der Waals surface area contributed by atoms with Crippen molar-refractivity contribution in [2.75, 3.05) is 13.2 Å². The highest BCUT2D eigenvalue weighted by atomic mass is 16.6. The van der Waals surface area contributed by atoms with E-state index in [1.165, 1.54) is 0 Å². The maximum atomic E-state index is 12.2. The van der Waals surface area contributed by atoms with E-state index in [-0.39, 0.29) is 32.0 Å². The van der Waals surface area contributed by atoms with Crippen molar-refractivity contribution >= 4 is 11.9 Å². The highest BCUT2D eigenvalue weighted by Crippen LogP contribution is 2.50. The molecule has 1 saturated carbocycles. The molecule has 1 rings (SSSR count). The van der Waals surface area contributed by atoms with Crippen LogP contribution < -0.4 is 0 Å². The zero-order valence-corrected chi connectivity index (χ0v) is 11.8. The molecule has 0 spiro atoms. The van der Waals surface area contributed by atoms with Crippen molar-refractivity contribution in [3.05, 3.63) is 12.7 Å². The number of aliphatic hydroxyl groups is 1. The van der Waals surface area contributed by atoms with Gasteiger partial charge in [-0.2, -0.15) is 0 Å². The first-order valence-corrected chi connectivity index (χ1v) is 6.53. The highest BCUT2D eigenvalue weighted by molar-refractivity contribution is 6.00. The lowest BCUT2D eigenvalue weighted by Gasteiger charge is -2.25. The molecule has 1 N–H and O–H groups in total. The van der Waals surface area contributed by atoms with Crippen molar-refractivity contribution in [1.82, 2.24) is 0 Å². The van der Waals surface area contributed by atoms with Crippen molar-refractivity contribution in [3.63, 3.8) is 0 Å². The number of ether oxygens (including phenoxy) is 2. The minimum atomic E-state index is -1.42. The standard InChI is InChI=1S/C14H22O5/c1-5-10-8-14(9-13(10,4)17,11(15)18-6-2)12(16)19-7-3/h5,10,17H,1,6-9H2,2-4H3/t10-,13+/m0/s1. The smallest absolute Gasteiger partial charge is 0.323 e. The monoisotopic (exact) mass is 270 g/mol. The Hall–Kier alpha value is -1.36. The summed E-state index contributed by atoms with van der Waals surface area (Å²) in [7, 11) is 0. The van der Waals surface area contributed by atoms with E-state index in [1.807, 2.05) is 0 Å². The Balaban J connectivity index is 3.12. The Labute approximate surface area is 113 Å². The quantitative estimate of drug-likeness (QED) is 0.465. The van der Waals surface area contributed by atoms with Gasteiger partial charge in [0.15, 0.2) is 5.41 Å². The van der Waals surface area contributed by atoms with Crippen LogP contribution in [0.15, 0.2) is 12.7 Å². The molecular weight excluding hydrogens is 248 g/mol. The van der Waals surface area contributed by atoms with Crippen molar-refractivity contribution < 1.29 is 24.2 Å². The van der Waals surface area contributed by atoms with Crippen LogP contribution in [0.5, 0.6) is 0 Å². The number of carbonyl (C=O) groups excluding carboxylic acids is 2. The van der Waals surface area contributed by atoms with E-state index in [4.69, 9.17) is 9.47 Å². The summed E-state index contributed by atoms with van der Waals surface area (Å²) >= 11 is 0.